The first-order chi connectivity index (χ1) is 9.72. The SMILES string of the molecule is CCCNc1cc(NCC2CCOC2C)nc(CC)n1. The van der Waals surface area contributed by atoms with Gasteiger partial charge in [0, 0.05) is 38.1 Å². The van der Waals surface area contributed by atoms with Gasteiger partial charge < -0.3 is 15.4 Å². The van der Waals surface area contributed by atoms with Crippen LogP contribution in [0, 0.1) is 5.92 Å². The predicted molar refractivity (Wildman–Crippen MR) is 82.2 cm³/mol. The number of nitrogens with one attached hydrogen (secondary N) is 2. The Bertz CT molecular complexity index is 424. The van der Waals surface area contributed by atoms with Crippen LogP contribution in [0.1, 0.15) is 39.4 Å². The molecule has 2 unspecified atom stereocenters. The summed E-state index contributed by atoms with van der Waals surface area (Å²) in [4.78, 5) is 9.04. The maximum absolute atomic E-state index is 5.59. The van der Waals surface area contributed by atoms with Crippen LogP contribution in [-0.2, 0) is 11.2 Å². The molecule has 0 aromatic carbocycles. The average Bonchev–Trinajstić information content (AvgIpc) is 2.88. The molecular formula is C15H26N4O. The summed E-state index contributed by atoms with van der Waals surface area (Å²) < 4.78 is 5.59. The van der Waals surface area contributed by atoms with Gasteiger partial charge in [0.25, 0.3) is 0 Å². The van der Waals surface area contributed by atoms with E-state index in [-0.39, 0.29) is 0 Å². The number of ether oxygens (including phenoxy) is 1. The number of rotatable bonds is 7. The van der Waals surface area contributed by atoms with Crippen LogP contribution in [0.4, 0.5) is 11.6 Å². The van der Waals surface area contributed by atoms with Crippen molar-refractivity contribution in [3.05, 3.63) is 11.9 Å². The third-order valence-electron chi connectivity index (χ3n) is 3.72. The molecule has 0 radical (unpaired) electrons. The molecule has 2 rings (SSSR count). The predicted octanol–water partition coefficient (Wildman–Crippen LogP) is 2.70. The van der Waals surface area contributed by atoms with E-state index in [1.54, 1.807) is 0 Å². The van der Waals surface area contributed by atoms with Crippen LogP contribution in [-0.4, -0.2) is 35.8 Å². The van der Waals surface area contributed by atoms with Crippen molar-refractivity contribution in [1.82, 2.24) is 9.97 Å². The fourth-order valence-electron chi connectivity index (χ4n) is 2.37. The lowest BCUT2D eigenvalue weighted by Crippen LogP contribution is -2.21. The molecule has 2 atom stereocenters. The van der Waals surface area contributed by atoms with Crippen LogP contribution >= 0.6 is 0 Å². The van der Waals surface area contributed by atoms with E-state index in [1.807, 2.05) is 6.07 Å². The lowest BCUT2D eigenvalue weighted by molar-refractivity contribution is 0.108. The zero-order valence-electron chi connectivity index (χ0n) is 12.8. The van der Waals surface area contributed by atoms with E-state index in [2.05, 4.69) is 41.4 Å². The molecule has 0 spiro atoms. The molecule has 1 aromatic rings. The molecule has 5 heteroatoms. The number of anilines is 2. The summed E-state index contributed by atoms with van der Waals surface area (Å²) in [6, 6.07) is 2.00. The molecule has 0 amide bonds. The number of hydrogen-bond acceptors (Lipinski definition) is 5. The molecule has 0 saturated carbocycles. The molecule has 0 aliphatic carbocycles. The van der Waals surface area contributed by atoms with E-state index in [1.165, 1.54) is 0 Å². The summed E-state index contributed by atoms with van der Waals surface area (Å²) in [5, 5.41) is 6.77. The van der Waals surface area contributed by atoms with Gasteiger partial charge in [0.2, 0.25) is 0 Å². The van der Waals surface area contributed by atoms with Gasteiger partial charge in [0.15, 0.2) is 0 Å². The minimum atomic E-state index is 0.340. The molecule has 1 fully saturated rings. The molecular weight excluding hydrogens is 252 g/mol. The number of aryl methyl sites for hydroxylation is 1. The standard InChI is InChI=1S/C15H26N4O/c1-4-7-16-14-9-15(19-13(5-2)18-14)17-10-12-6-8-20-11(12)3/h9,11-12H,4-8,10H2,1-3H3,(H2,16,17,18,19). The van der Waals surface area contributed by atoms with Crippen LogP contribution in [0.25, 0.3) is 0 Å². The second-order valence-electron chi connectivity index (χ2n) is 5.34. The van der Waals surface area contributed by atoms with Gasteiger partial charge in [-0.2, -0.15) is 0 Å². The van der Waals surface area contributed by atoms with Gasteiger partial charge in [-0.1, -0.05) is 13.8 Å². The third-order valence-corrected chi connectivity index (χ3v) is 3.72. The maximum atomic E-state index is 5.59. The van der Waals surface area contributed by atoms with Crippen molar-refractivity contribution in [2.24, 2.45) is 5.92 Å². The largest absolute Gasteiger partial charge is 0.378 e. The minimum absolute atomic E-state index is 0.340. The van der Waals surface area contributed by atoms with E-state index in [0.29, 0.717) is 12.0 Å². The maximum Gasteiger partial charge on any atom is 0.132 e. The molecule has 5 nitrogen and oxygen atoms in total. The summed E-state index contributed by atoms with van der Waals surface area (Å²) in [6.45, 7) is 9.10. The summed E-state index contributed by atoms with van der Waals surface area (Å²) in [5.74, 6) is 3.28. The van der Waals surface area contributed by atoms with Gasteiger partial charge in [0.1, 0.15) is 17.5 Å². The van der Waals surface area contributed by atoms with Crippen LogP contribution < -0.4 is 10.6 Å². The highest BCUT2D eigenvalue weighted by molar-refractivity contribution is 5.47. The van der Waals surface area contributed by atoms with Gasteiger partial charge in [-0.05, 0) is 19.8 Å². The van der Waals surface area contributed by atoms with E-state index >= 15 is 0 Å². The zero-order valence-corrected chi connectivity index (χ0v) is 12.8. The van der Waals surface area contributed by atoms with E-state index in [0.717, 1.165) is 56.4 Å². The van der Waals surface area contributed by atoms with Crippen molar-refractivity contribution >= 4 is 11.6 Å². The van der Waals surface area contributed by atoms with Gasteiger partial charge in [-0.15, -0.1) is 0 Å². The first kappa shape index (κ1) is 15.0. The van der Waals surface area contributed by atoms with Crippen LogP contribution in [0.2, 0.25) is 0 Å². The fraction of sp³-hybridized carbons (Fsp3) is 0.733. The Hall–Kier alpha value is -1.36. The van der Waals surface area contributed by atoms with Crippen molar-refractivity contribution < 1.29 is 4.74 Å². The zero-order chi connectivity index (χ0) is 14.4. The van der Waals surface area contributed by atoms with Crippen molar-refractivity contribution in [3.63, 3.8) is 0 Å². The first-order valence-electron chi connectivity index (χ1n) is 7.70. The van der Waals surface area contributed by atoms with E-state index < -0.39 is 0 Å². The Labute approximate surface area is 121 Å². The van der Waals surface area contributed by atoms with Crippen molar-refractivity contribution in [1.29, 1.82) is 0 Å². The summed E-state index contributed by atoms with van der Waals surface area (Å²) in [5.41, 5.74) is 0. The van der Waals surface area contributed by atoms with Gasteiger partial charge in [-0.25, -0.2) is 9.97 Å². The Kier molecular flexibility index (Phi) is 5.59. The molecule has 2 N–H and O–H groups in total. The average molecular weight is 278 g/mol. The summed E-state index contributed by atoms with van der Waals surface area (Å²) >= 11 is 0. The number of nitrogens with zero attached hydrogens (tertiary/aromatic N) is 2. The minimum Gasteiger partial charge on any atom is -0.378 e. The Morgan fingerprint density at radius 2 is 2.00 bits per heavy atom. The lowest BCUT2D eigenvalue weighted by Gasteiger charge is -2.16. The summed E-state index contributed by atoms with van der Waals surface area (Å²) in [7, 11) is 0. The van der Waals surface area contributed by atoms with Crippen molar-refractivity contribution in [2.75, 3.05) is 30.3 Å². The highest BCUT2D eigenvalue weighted by atomic mass is 16.5. The van der Waals surface area contributed by atoms with E-state index in [4.69, 9.17) is 4.74 Å². The fourth-order valence-corrected chi connectivity index (χ4v) is 2.37. The molecule has 1 aliphatic rings. The normalized spacial score (nSPS) is 21.9. The molecule has 112 valence electrons. The topological polar surface area (TPSA) is 59.1 Å². The van der Waals surface area contributed by atoms with Crippen molar-refractivity contribution in [3.8, 4) is 0 Å². The van der Waals surface area contributed by atoms with Gasteiger partial charge in [0.05, 0.1) is 6.10 Å². The molecule has 2 heterocycles. The quantitative estimate of drug-likeness (QED) is 0.803. The monoisotopic (exact) mass is 278 g/mol. The highest BCUT2D eigenvalue weighted by Crippen LogP contribution is 2.21. The number of aromatic nitrogens is 2. The van der Waals surface area contributed by atoms with Gasteiger partial charge in [-0.3, -0.25) is 0 Å². The Balaban J connectivity index is 1.98. The third kappa shape index (κ3) is 4.07. The first-order valence-corrected chi connectivity index (χ1v) is 7.70. The van der Waals surface area contributed by atoms with Crippen LogP contribution in [0.15, 0.2) is 6.07 Å². The van der Waals surface area contributed by atoms with E-state index in [9.17, 15) is 0 Å². The Morgan fingerprint density at radius 3 is 2.60 bits per heavy atom. The molecule has 1 saturated heterocycles. The second kappa shape index (κ2) is 7.43. The van der Waals surface area contributed by atoms with Crippen molar-refractivity contribution in [2.45, 2.75) is 46.1 Å². The molecule has 1 aliphatic heterocycles. The highest BCUT2D eigenvalue weighted by Gasteiger charge is 2.23. The van der Waals surface area contributed by atoms with Crippen LogP contribution in [0.3, 0.4) is 0 Å². The Morgan fingerprint density at radius 1 is 1.25 bits per heavy atom. The smallest absolute Gasteiger partial charge is 0.132 e. The summed E-state index contributed by atoms with van der Waals surface area (Å²) in [6.07, 6.45) is 3.40. The molecule has 1 aromatic heterocycles. The molecule has 0 bridgehead atoms. The van der Waals surface area contributed by atoms with Gasteiger partial charge >= 0.3 is 0 Å². The lowest BCUT2D eigenvalue weighted by atomic mass is 10.0. The van der Waals surface area contributed by atoms with Crippen LogP contribution in [0.5, 0.6) is 0 Å². The molecule has 20 heavy (non-hydrogen) atoms. The second-order valence-corrected chi connectivity index (χ2v) is 5.34. The number of hydrogen-bond donors (Lipinski definition) is 2.